The summed E-state index contributed by atoms with van der Waals surface area (Å²) in [6.07, 6.45) is -1.43. The van der Waals surface area contributed by atoms with Gasteiger partial charge in [-0.25, -0.2) is 4.98 Å². The fourth-order valence-corrected chi connectivity index (χ4v) is 3.50. The van der Waals surface area contributed by atoms with Gasteiger partial charge in [0.05, 0.1) is 12.9 Å². The number of fused-ring (bicyclic) bond motifs is 1. The summed E-state index contributed by atoms with van der Waals surface area (Å²) < 4.78 is 18.7. The first-order valence-electron chi connectivity index (χ1n) is 9.88. The van der Waals surface area contributed by atoms with Crippen molar-refractivity contribution in [2.75, 3.05) is 18.5 Å². The summed E-state index contributed by atoms with van der Waals surface area (Å²) in [5, 5.41) is 22.7. The molecule has 30 heavy (non-hydrogen) atoms. The summed E-state index contributed by atoms with van der Waals surface area (Å²) in [6.45, 7) is 3.57. The van der Waals surface area contributed by atoms with Crippen molar-refractivity contribution in [2.24, 2.45) is 5.92 Å². The SMILES string of the molecule is CC(C)C(=O)Nc1nc2c(ncn2[C@@H]2O[C@H](CO)[C@@H](O)[C@H]2OC2CCCO2)c(=O)[nH]1. The lowest BCUT2D eigenvalue weighted by Crippen LogP contribution is -2.38. The van der Waals surface area contributed by atoms with Crippen LogP contribution in [0, 0.1) is 5.92 Å². The molecule has 2 aromatic heterocycles. The lowest BCUT2D eigenvalue weighted by Gasteiger charge is -2.24. The van der Waals surface area contributed by atoms with Crippen LogP contribution in [0.15, 0.2) is 11.1 Å². The van der Waals surface area contributed by atoms with Crippen molar-refractivity contribution in [3.05, 3.63) is 16.7 Å². The number of aromatic amines is 1. The van der Waals surface area contributed by atoms with E-state index in [0.29, 0.717) is 13.0 Å². The summed E-state index contributed by atoms with van der Waals surface area (Å²) >= 11 is 0. The predicted octanol–water partition coefficient (Wildman–Crippen LogP) is -0.514. The van der Waals surface area contributed by atoms with E-state index in [2.05, 4.69) is 20.3 Å². The first-order chi connectivity index (χ1) is 14.4. The molecule has 2 aliphatic rings. The van der Waals surface area contributed by atoms with Gasteiger partial charge < -0.3 is 24.4 Å². The van der Waals surface area contributed by atoms with Crippen LogP contribution in [0.3, 0.4) is 0 Å². The third kappa shape index (κ3) is 3.84. The van der Waals surface area contributed by atoms with Crippen molar-refractivity contribution in [3.63, 3.8) is 0 Å². The number of carbonyl (C=O) groups is 1. The van der Waals surface area contributed by atoms with Crippen molar-refractivity contribution in [1.29, 1.82) is 0 Å². The molecule has 0 radical (unpaired) electrons. The van der Waals surface area contributed by atoms with Crippen LogP contribution in [0.1, 0.15) is 32.9 Å². The summed E-state index contributed by atoms with van der Waals surface area (Å²) in [5.41, 5.74) is -0.347. The van der Waals surface area contributed by atoms with Gasteiger partial charge in [0.1, 0.15) is 18.3 Å². The average molecular weight is 423 g/mol. The number of imidazole rings is 1. The van der Waals surface area contributed by atoms with E-state index in [1.54, 1.807) is 13.8 Å². The van der Waals surface area contributed by atoms with Crippen LogP contribution in [-0.4, -0.2) is 73.5 Å². The maximum Gasteiger partial charge on any atom is 0.280 e. The zero-order chi connectivity index (χ0) is 21.4. The molecule has 0 spiro atoms. The topological polar surface area (TPSA) is 161 Å². The smallest absolute Gasteiger partial charge is 0.280 e. The van der Waals surface area contributed by atoms with Crippen LogP contribution in [0.5, 0.6) is 0 Å². The second kappa shape index (κ2) is 8.40. The second-order valence-electron chi connectivity index (χ2n) is 7.66. The fourth-order valence-electron chi connectivity index (χ4n) is 3.50. The number of nitrogens with zero attached hydrogens (tertiary/aromatic N) is 3. The number of hydrogen-bond acceptors (Lipinski definition) is 9. The Morgan fingerprint density at radius 3 is 2.97 bits per heavy atom. The highest BCUT2D eigenvalue weighted by molar-refractivity contribution is 5.91. The third-order valence-electron chi connectivity index (χ3n) is 5.16. The van der Waals surface area contributed by atoms with Gasteiger partial charge in [-0.2, -0.15) is 4.98 Å². The minimum Gasteiger partial charge on any atom is -0.394 e. The van der Waals surface area contributed by atoms with E-state index in [-0.39, 0.29) is 28.9 Å². The van der Waals surface area contributed by atoms with Crippen LogP contribution in [0.25, 0.3) is 11.2 Å². The first-order valence-corrected chi connectivity index (χ1v) is 9.88. The molecule has 2 aliphatic heterocycles. The Morgan fingerprint density at radius 1 is 1.50 bits per heavy atom. The highest BCUT2D eigenvalue weighted by Crippen LogP contribution is 2.35. The molecule has 0 aliphatic carbocycles. The molecular formula is C18H25N5O7. The van der Waals surface area contributed by atoms with Gasteiger partial charge in [-0.1, -0.05) is 13.8 Å². The number of hydrogen-bond donors (Lipinski definition) is 4. The monoisotopic (exact) mass is 423 g/mol. The number of nitrogens with one attached hydrogen (secondary N) is 2. The van der Waals surface area contributed by atoms with E-state index in [1.807, 2.05) is 0 Å². The van der Waals surface area contributed by atoms with Gasteiger partial charge in [-0.3, -0.25) is 24.5 Å². The van der Waals surface area contributed by atoms with Gasteiger partial charge in [0.2, 0.25) is 11.9 Å². The number of rotatable bonds is 6. The number of aliphatic hydroxyl groups is 2. The van der Waals surface area contributed by atoms with E-state index in [0.717, 1.165) is 6.42 Å². The molecule has 4 rings (SSSR count). The highest BCUT2D eigenvalue weighted by Gasteiger charge is 2.47. The molecule has 0 aromatic carbocycles. The van der Waals surface area contributed by atoms with Gasteiger partial charge in [0, 0.05) is 18.9 Å². The van der Waals surface area contributed by atoms with Crippen LogP contribution < -0.4 is 10.9 Å². The van der Waals surface area contributed by atoms with E-state index in [9.17, 15) is 19.8 Å². The standard InChI is InChI=1S/C18H25N5O7/c1-8(2)15(26)21-18-20-14-11(16(27)22-18)19-7-23(14)17-13(12(25)9(6-24)29-17)30-10-4-3-5-28-10/h7-10,12-13,17,24-25H,3-6H2,1-2H3,(H2,20,21,22,26,27)/t9-,10?,12-,13-,17-/m1/s1. The first kappa shape index (κ1) is 20.9. The molecule has 2 saturated heterocycles. The van der Waals surface area contributed by atoms with Crippen molar-refractivity contribution < 1.29 is 29.2 Å². The number of carbonyl (C=O) groups excluding carboxylic acids is 1. The zero-order valence-electron chi connectivity index (χ0n) is 16.6. The number of anilines is 1. The molecular weight excluding hydrogens is 398 g/mol. The van der Waals surface area contributed by atoms with Crippen molar-refractivity contribution in [3.8, 4) is 0 Å². The normalized spacial score (nSPS) is 29.2. The van der Waals surface area contributed by atoms with Crippen LogP contribution in [0.2, 0.25) is 0 Å². The number of ether oxygens (including phenoxy) is 3. The minimum atomic E-state index is -1.12. The van der Waals surface area contributed by atoms with E-state index in [4.69, 9.17) is 14.2 Å². The Hall–Kier alpha value is -2.38. The molecule has 12 nitrogen and oxygen atoms in total. The van der Waals surface area contributed by atoms with Gasteiger partial charge in [0.25, 0.3) is 5.56 Å². The molecule has 1 unspecified atom stereocenters. The van der Waals surface area contributed by atoms with E-state index in [1.165, 1.54) is 10.9 Å². The Bertz CT molecular complexity index is 967. The molecule has 164 valence electrons. The molecule has 5 atom stereocenters. The number of amides is 1. The van der Waals surface area contributed by atoms with Crippen LogP contribution in [0.4, 0.5) is 5.95 Å². The zero-order valence-corrected chi connectivity index (χ0v) is 16.6. The number of aliphatic hydroxyl groups excluding tert-OH is 2. The molecule has 4 heterocycles. The van der Waals surface area contributed by atoms with E-state index >= 15 is 0 Å². The Kier molecular flexibility index (Phi) is 5.84. The summed E-state index contributed by atoms with van der Waals surface area (Å²) in [7, 11) is 0. The van der Waals surface area contributed by atoms with Gasteiger partial charge in [-0.15, -0.1) is 0 Å². The molecule has 2 aromatic rings. The molecule has 0 saturated carbocycles. The summed E-state index contributed by atoms with van der Waals surface area (Å²) in [4.78, 5) is 35.3. The van der Waals surface area contributed by atoms with Crippen molar-refractivity contribution in [2.45, 2.75) is 57.5 Å². The highest BCUT2D eigenvalue weighted by atomic mass is 16.7. The van der Waals surface area contributed by atoms with Gasteiger partial charge in [-0.05, 0) is 6.42 Å². The van der Waals surface area contributed by atoms with E-state index < -0.39 is 43.0 Å². The summed E-state index contributed by atoms with van der Waals surface area (Å²) in [6, 6.07) is 0. The number of aromatic nitrogens is 4. The lowest BCUT2D eigenvalue weighted by molar-refractivity contribution is -0.181. The van der Waals surface area contributed by atoms with Crippen molar-refractivity contribution in [1.82, 2.24) is 19.5 Å². The van der Waals surface area contributed by atoms with Gasteiger partial charge in [0.15, 0.2) is 23.7 Å². The molecule has 12 heteroatoms. The second-order valence-corrected chi connectivity index (χ2v) is 7.66. The minimum absolute atomic E-state index is 0.0261. The van der Waals surface area contributed by atoms with Gasteiger partial charge >= 0.3 is 0 Å². The molecule has 1 amide bonds. The largest absolute Gasteiger partial charge is 0.394 e. The van der Waals surface area contributed by atoms with Crippen LogP contribution in [-0.2, 0) is 19.0 Å². The predicted molar refractivity (Wildman–Crippen MR) is 102 cm³/mol. The van der Waals surface area contributed by atoms with Crippen molar-refractivity contribution >= 4 is 23.0 Å². The summed E-state index contributed by atoms with van der Waals surface area (Å²) in [5.74, 6) is -0.642. The molecule has 0 bridgehead atoms. The number of H-pyrrole nitrogens is 1. The maximum atomic E-state index is 12.4. The Balaban J connectivity index is 1.70. The average Bonchev–Trinajstić information content (AvgIpc) is 3.43. The molecule has 2 fully saturated rings. The third-order valence-corrected chi connectivity index (χ3v) is 5.16. The fraction of sp³-hybridized carbons (Fsp3) is 0.667. The maximum absolute atomic E-state index is 12.4. The van der Waals surface area contributed by atoms with Crippen LogP contribution >= 0.6 is 0 Å². The molecule has 4 N–H and O–H groups in total. The lowest BCUT2D eigenvalue weighted by atomic mass is 10.1. The Morgan fingerprint density at radius 2 is 2.30 bits per heavy atom. The Labute approximate surface area is 171 Å². The quantitative estimate of drug-likeness (QED) is 0.479.